The second-order valence-electron chi connectivity index (χ2n) is 5.69. The van der Waals surface area contributed by atoms with Crippen molar-refractivity contribution >= 4 is 11.8 Å². The molecule has 3 aliphatic rings. The average molecular weight is 250 g/mol. The highest BCUT2D eigenvalue weighted by Crippen LogP contribution is 2.52. The molecule has 2 fully saturated rings. The van der Waals surface area contributed by atoms with Crippen molar-refractivity contribution in [2.45, 2.75) is 25.5 Å². The Hall–Kier alpha value is -1.20. The number of carbonyl (C=O) groups excluding carboxylic acids is 2. The van der Waals surface area contributed by atoms with E-state index in [1.807, 2.05) is 0 Å². The number of hydrogen-bond acceptors (Lipinski definition) is 4. The third kappa shape index (κ3) is 1.47. The predicted octanol–water partition coefficient (Wildman–Crippen LogP) is -0.498. The first-order valence-electron chi connectivity index (χ1n) is 6.48. The molecule has 18 heavy (non-hydrogen) atoms. The standard InChI is InChI=1S/C13H18N2O3/c1-6(16)9(14)5-15-12(17)10-7-2-3-8(4-7)11(10)13(15)18/h2-3,6-11,16H,4-5,14H2,1H3. The molecule has 1 aliphatic heterocycles. The molecule has 2 bridgehead atoms. The van der Waals surface area contributed by atoms with Gasteiger partial charge >= 0.3 is 0 Å². The van der Waals surface area contributed by atoms with Gasteiger partial charge in [0.05, 0.1) is 17.9 Å². The van der Waals surface area contributed by atoms with Crippen molar-refractivity contribution in [1.82, 2.24) is 4.90 Å². The minimum absolute atomic E-state index is 0.0991. The first-order chi connectivity index (χ1) is 8.50. The Morgan fingerprint density at radius 1 is 1.33 bits per heavy atom. The first kappa shape index (κ1) is 11.9. The molecule has 1 heterocycles. The van der Waals surface area contributed by atoms with Crippen LogP contribution >= 0.6 is 0 Å². The summed E-state index contributed by atoms with van der Waals surface area (Å²) in [5, 5.41) is 9.39. The topological polar surface area (TPSA) is 83.6 Å². The number of rotatable bonds is 3. The average Bonchev–Trinajstić information content (AvgIpc) is 2.98. The van der Waals surface area contributed by atoms with E-state index in [0.717, 1.165) is 6.42 Å². The number of imide groups is 1. The Bertz CT molecular complexity index is 402. The number of aliphatic hydroxyl groups is 1. The highest BCUT2D eigenvalue weighted by atomic mass is 16.3. The van der Waals surface area contributed by atoms with Gasteiger partial charge in [-0.2, -0.15) is 0 Å². The lowest BCUT2D eigenvalue weighted by molar-refractivity contribution is -0.141. The fraction of sp³-hybridized carbons (Fsp3) is 0.692. The number of nitrogens with two attached hydrogens (primary N) is 1. The number of likely N-dealkylation sites (tertiary alicyclic amines) is 1. The third-order valence-corrected chi connectivity index (χ3v) is 4.57. The summed E-state index contributed by atoms with van der Waals surface area (Å²) in [6.45, 7) is 1.70. The summed E-state index contributed by atoms with van der Waals surface area (Å²) in [5.74, 6) is -0.0910. The number of amides is 2. The van der Waals surface area contributed by atoms with Gasteiger partial charge in [0.25, 0.3) is 0 Å². The maximum Gasteiger partial charge on any atom is 0.233 e. The van der Waals surface area contributed by atoms with E-state index < -0.39 is 12.1 Å². The van der Waals surface area contributed by atoms with Crippen LogP contribution in [0.5, 0.6) is 0 Å². The van der Waals surface area contributed by atoms with Crippen LogP contribution in [0.15, 0.2) is 12.2 Å². The summed E-state index contributed by atoms with van der Waals surface area (Å²) in [6.07, 6.45) is 4.34. The second kappa shape index (κ2) is 3.90. The molecule has 0 aromatic rings. The number of allylic oxidation sites excluding steroid dienone is 2. The van der Waals surface area contributed by atoms with Crippen LogP contribution in [0.2, 0.25) is 0 Å². The SMILES string of the molecule is CC(O)C(N)CN1C(=O)C2C3C=CC(C3)C2C1=O. The lowest BCUT2D eigenvalue weighted by Gasteiger charge is -2.22. The van der Waals surface area contributed by atoms with Gasteiger partial charge in [-0.05, 0) is 25.2 Å². The smallest absolute Gasteiger partial charge is 0.233 e. The Balaban J connectivity index is 1.80. The molecule has 3 rings (SSSR count). The molecule has 2 amide bonds. The van der Waals surface area contributed by atoms with Gasteiger partial charge in [-0.3, -0.25) is 14.5 Å². The highest BCUT2D eigenvalue weighted by Gasteiger charge is 2.59. The molecule has 3 N–H and O–H groups in total. The molecule has 0 spiro atoms. The molecular formula is C13H18N2O3. The molecule has 6 unspecified atom stereocenters. The lowest BCUT2D eigenvalue weighted by atomic mass is 9.85. The summed E-state index contributed by atoms with van der Waals surface area (Å²) in [6, 6.07) is -0.567. The zero-order valence-corrected chi connectivity index (χ0v) is 10.3. The van der Waals surface area contributed by atoms with E-state index in [1.165, 1.54) is 4.90 Å². The van der Waals surface area contributed by atoms with E-state index in [0.29, 0.717) is 0 Å². The third-order valence-electron chi connectivity index (χ3n) is 4.57. The van der Waals surface area contributed by atoms with Crippen LogP contribution in [-0.4, -0.2) is 40.5 Å². The van der Waals surface area contributed by atoms with E-state index in [1.54, 1.807) is 6.92 Å². The minimum atomic E-state index is -0.721. The molecule has 1 saturated heterocycles. The van der Waals surface area contributed by atoms with E-state index in [9.17, 15) is 14.7 Å². The van der Waals surface area contributed by atoms with E-state index in [-0.39, 0.29) is 42.0 Å². The van der Waals surface area contributed by atoms with Crippen LogP contribution in [0.4, 0.5) is 0 Å². The van der Waals surface area contributed by atoms with Crippen LogP contribution in [0, 0.1) is 23.7 Å². The van der Waals surface area contributed by atoms with Crippen molar-refractivity contribution in [2.24, 2.45) is 29.4 Å². The van der Waals surface area contributed by atoms with E-state index >= 15 is 0 Å². The van der Waals surface area contributed by atoms with Crippen LogP contribution < -0.4 is 5.73 Å². The van der Waals surface area contributed by atoms with Gasteiger partial charge in [-0.15, -0.1) is 0 Å². The molecule has 0 aromatic carbocycles. The van der Waals surface area contributed by atoms with Gasteiger partial charge in [0.15, 0.2) is 0 Å². The van der Waals surface area contributed by atoms with Gasteiger partial charge in [0, 0.05) is 12.6 Å². The van der Waals surface area contributed by atoms with Gasteiger partial charge in [0.1, 0.15) is 0 Å². The highest BCUT2D eigenvalue weighted by molar-refractivity contribution is 6.06. The quantitative estimate of drug-likeness (QED) is 0.522. The summed E-state index contributed by atoms with van der Waals surface area (Å²) in [4.78, 5) is 25.8. The van der Waals surface area contributed by atoms with Gasteiger partial charge in [-0.25, -0.2) is 0 Å². The largest absolute Gasteiger partial charge is 0.392 e. The summed E-state index contributed by atoms with van der Waals surface area (Å²) in [5.41, 5.74) is 5.74. The minimum Gasteiger partial charge on any atom is -0.392 e. The molecule has 0 radical (unpaired) electrons. The molecule has 2 aliphatic carbocycles. The Morgan fingerprint density at radius 2 is 1.83 bits per heavy atom. The van der Waals surface area contributed by atoms with Crippen molar-refractivity contribution in [3.8, 4) is 0 Å². The van der Waals surface area contributed by atoms with Crippen LogP contribution in [0.25, 0.3) is 0 Å². The molecule has 5 nitrogen and oxygen atoms in total. The van der Waals surface area contributed by atoms with Crippen molar-refractivity contribution in [1.29, 1.82) is 0 Å². The number of nitrogens with zero attached hydrogens (tertiary/aromatic N) is 1. The second-order valence-corrected chi connectivity index (χ2v) is 5.69. The fourth-order valence-electron chi connectivity index (χ4n) is 3.51. The van der Waals surface area contributed by atoms with Crippen molar-refractivity contribution < 1.29 is 14.7 Å². The Labute approximate surface area is 106 Å². The Kier molecular flexibility index (Phi) is 2.57. The van der Waals surface area contributed by atoms with Crippen molar-refractivity contribution in [3.63, 3.8) is 0 Å². The fourth-order valence-corrected chi connectivity index (χ4v) is 3.51. The van der Waals surface area contributed by atoms with E-state index in [2.05, 4.69) is 12.2 Å². The molecule has 0 aromatic heterocycles. The predicted molar refractivity (Wildman–Crippen MR) is 64.1 cm³/mol. The maximum absolute atomic E-state index is 12.3. The van der Waals surface area contributed by atoms with Crippen molar-refractivity contribution in [2.75, 3.05) is 6.54 Å². The maximum atomic E-state index is 12.3. The van der Waals surface area contributed by atoms with E-state index in [4.69, 9.17) is 5.73 Å². The number of hydrogen-bond donors (Lipinski definition) is 2. The monoisotopic (exact) mass is 250 g/mol. The Morgan fingerprint density at radius 3 is 2.28 bits per heavy atom. The number of aliphatic hydroxyl groups excluding tert-OH is 1. The molecular weight excluding hydrogens is 232 g/mol. The summed E-state index contributed by atoms with van der Waals surface area (Å²) < 4.78 is 0. The summed E-state index contributed by atoms with van der Waals surface area (Å²) in [7, 11) is 0. The number of carbonyl (C=O) groups is 2. The van der Waals surface area contributed by atoms with Crippen LogP contribution in [-0.2, 0) is 9.59 Å². The van der Waals surface area contributed by atoms with Gasteiger partial charge < -0.3 is 10.8 Å². The molecule has 6 atom stereocenters. The van der Waals surface area contributed by atoms with Crippen LogP contribution in [0.3, 0.4) is 0 Å². The molecule has 1 saturated carbocycles. The van der Waals surface area contributed by atoms with Gasteiger partial charge in [0.2, 0.25) is 11.8 Å². The summed E-state index contributed by atoms with van der Waals surface area (Å²) >= 11 is 0. The number of fused-ring (bicyclic) bond motifs is 5. The van der Waals surface area contributed by atoms with Crippen molar-refractivity contribution in [3.05, 3.63) is 12.2 Å². The van der Waals surface area contributed by atoms with Gasteiger partial charge in [-0.1, -0.05) is 12.2 Å². The first-order valence-corrected chi connectivity index (χ1v) is 6.48. The normalized spacial score (nSPS) is 40.5. The lowest BCUT2D eigenvalue weighted by Crippen LogP contribution is -2.46. The van der Waals surface area contributed by atoms with Crippen LogP contribution in [0.1, 0.15) is 13.3 Å². The molecule has 5 heteroatoms. The molecule has 98 valence electrons. The zero-order chi connectivity index (χ0) is 13.0. The zero-order valence-electron chi connectivity index (χ0n) is 10.3.